The standard InChI is InChI=1S/C18H20ClNO2S/c1-4-15(22-16-10-9-12(2)11-13(16)3)18(21)20-14-7-5-6-8-17(14)23-19/h5-11,15H,4H2,1-3H3,(H,20,21). The van der Waals surface area contributed by atoms with Crippen LogP contribution in [0.1, 0.15) is 24.5 Å². The zero-order valence-corrected chi connectivity index (χ0v) is 15.0. The number of ether oxygens (including phenoxy) is 1. The van der Waals surface area contributed by atoms with E-state index in [0.29, 0.717) is 12.1 Å². The third-order valence-electron chi connectivity index (χ3n) is 3.49. The normalized spacial score (nSPS) is 11.8. The van der Waals surface area contributed by atoms with E-state index in [1.165, 1.54) is 5.56 Å². The smallest absolute Gasteiger partial charge is 0.265 e. The van der Waals surface area contributed by atoms with Crippen LogP contribution in [0.25, 0.3) is 0 Å². The topological polar surface area (TPSA) is 38.3 Å². The Hall–Kier alpha value is -1.65. The van der Waals surface area contributed by atoms with Gasteiger partial charge in [-0.25, -0.2) is 0 Å². The van der Waals surface area contributed by atoms with E-state index in [1.54, 1.807) is 0 Å². The van der Waals surface area contributed by atoms with Gasteiger partial charge in [0.25, 0.3) is 5.91 Å². The number of nitrogens with one attached hydrogen (secondary N) is 1. The molecule has 0 spiro atoms. The van der Waals surface area contributed by atoms with Gasteiger partial charge in [-0.15, -0.1) is 0 Å². The first-order valence-electron chi connectivity index (χ1n) is 7.47. The number of anilines is 1. The van der Waals surface area contributed by atoms with Crippen molar-refractivity contribution in [3.63, 3.8) is 0 Å². The second-order valence-corrected chi connectivity index (χ2v) is 6.40. The largest absolute Gasteiger partial charge is 0.480 e. The summed E-state index contributed by atoms with van der Waals surface area (Å²) in [5.74, 6) is 0.559. The molecule has 0 fully saturated rings. The highest BCUT2D eigenvalue weighted by Gasteiger charge is 2.20. The molecule has 2 rings (SSSR count). The Morgan fingerprint density at radius 3 is 2.65 bits per heavy atom. The summed E-state index contributed by atoms with van der Waals surface area (Å²) in [6.07, 6.45) is 0.0276. The molecule has 1 unspecified atom stereocenters. The summed E-state index contributed by atoms with van der Waals surface area (Å²) in [6.45, 7) is 5.93. The van der Waals surface area contributed by atoms with E-state index >= 15 is 0 Å². The molecular formula is C18H20ClNO2S. The lowest BCUT2D eigenvalue weighted by atomic mass is 10.1. The Labute approximate surface area is 145 Å². The number of rotatable bonds is 6. The fraction of sp³-hybridized carbons (Fsp3) is 0.278. The summed E-state index contributed by atoms with van der Waals surface area (Å²) in [4.78, 5) is 13.3. The van der Waals surface area contributed by atoms with Crippen molar-refractivity contribution in [1.29, 1.82) is 0 Å². The molecule has 0 aliphatic heterocycles. The van der Waals surface area contributed by atoms with Gasteiger partial charge >= 0.3 is 0 Å². The molecule has 5 heteroatoms. The van der Waals surface area contributed by atoms with Crippen molar-refractivity contribution in [2.24, 2.45) is 0 Å². The highest BCUT2D eigenvalue weighted by Crippen LogP contribution is 2.30. The zero-order valence-electron chi connectivity index (χ0n) is 13.4. The van der Waals surface area contributed by atoms with Gasteiger partial charge in [0.05, 0.1) is 5.69 Å². The fourth-order valence-electron chi connectivity index (χ4n) is 2.26. The van der Waals surface area contributed by atoms with Gasteiger partial charge in [0.15, 0.2) is 6.10 Å². The summed E-state index contributed by atoms with van der Waals surface area (Å²) in [5, 5.41) is 2.89. The molecule has 122 valence electrons. The highest BCUT2D eigenvalue weighted by atomic mass is 35.7. The van der Waals surface area contributed by atoms with Crippen molar-refractivity contribution in [1.82, 2.24) is 0 Å². The van der Waals surface area contributed by atoms with Crippen LogP contribution in [0.15, 0.2) is 47.4 Å². The minimum atomic E-state index is -0.551. The van der Waals surface area contributed by atoms with Crippen LogP contribution in [0.3, 0.4) is 0 Å². The third kappa shape index (κ3) is 4.66. The van der Waals surface area contributed by atoms with Gasteiger partial charge in [0, 0.05) is 4.90 Å². The number of aryl methyl sites for hydroxylation is 2. The maximum absolute atomic E-state index is 12.5. The van der Waals surface area contributed by atoms with E-state index in [2.05, 4.69) is 5.32 Å². The molecule has 0 heterocycles. The van der Waals surface area contributed by atoms with Crippen LogP contribution < -0.4 is 10.1 Å². The Kier molecular flexibility index (Phi) is 6.37. The number of carbonyl (C=O) groups excluding carboxylic acids is 1. The SMILES string of the molecule is CCC(Oc1ccc(C)cc1C)C(=O)Nc1ccccc1SCl. The first-order valence-corrected chi connectivity index (χ1v) is 9.11. The summed E-state index contributed by atoms with van der Waals surface area (Å²) in [6, 6.07) is 13.3. The molecule has 0 aliphatic rings. The number of hydrogen-bond acceptors (Lipinski definition) is 3. The van der Waals surface area contributed by atoms with E-state index in [-0.39, 0.29) is 5.91 Å². The molecule has 1 amide bonds. The van der Waals surface area contributed by atoms with Crippen LogP contribution in [-0.4, -0.2) is 12.0 Å². The second kappa shape index (κ2) is 8.27. The number of benzene rings is 2. The van der Waals surface area contributed by atoms with Crippen molar-refractivity contribution >= 4 is 33.3 Å². The fourth-order valence-corrected chi connectivity index (χ4v) is 2.99. The number of para-hydroxylation sites is 1. The molecule has 0 radical (unpaired) electrons. The van der Waals surface area contributed by atoms with Crippen LogP contribution in [0.2, 0.25) is 0 Å². The molecule has 0 saturated heterocycles. The van der Waals surface area contributed by atoms with Gasteiger partial charge in [-0.1, -0.05) is 36.8 Å². The van der Waals surface area contributed by atoms with Crippen LogP contribution in [0.4, 0.5) is 5.69 Å². The number of hydrogen-bond donors (Lipinski definition) is 1. The first-order chi connectivity index (χ1) is 11.0. The highest BCUT2D eigenvalue weighted by molar-refractivity contribution is 8.21. The van der Waals surface area contributed by atoms with Crippen LogP contribution in [0.5, 0.6) is 5.75 Å². The Bertz CT molecular complexity index is 690. The molecule has 0 aromatic heterocycles. The molecule has 2 aromatic carbocycles. The van der Waals surface area contributed by atoms with E-state index < -0.39 is 6.10 Å². The molecule has 2 aromatic rings. The minimum Gasteiger partial charge on any atom is -0.480 e. The minimum absolute atomic E-state index is 0.175. The summed E-state index contributed by atoms with van der Waals surface area (Å²) >= 11 is 0. The van der Waals surface area contributed by atoms with Crippen molar-refractivity contribution in [2.45, 2.75) is 38.2 Å². The number of amides is 1. The van der Waals surface area contributed by atoms with Gasteiger partial charge in [-0.05, 0) is 65.7 Å². The molecule has 1 atom stereocenters. The molecule has 3 nitrogen and oxygen atoms in total. The predicted molar refractivity (Wildman–Crippen MR) is 97.4 cm³/mol. The lowest BCUT2D eigenvalue weighted by Crippen LogP contribution is -2.32. The predicted octanol–water partition coefficient (Wildman–Crippen LogP) is 5.35. The van der Waals surface area contributed by atoms with Gasteiger partial charge < -0.3 is 10.1 Å². The molecule has 23 heavy (non-hydrogen) atoms. The van der Waals surface area contributed by atoms with Gasteiger partial charge in [0.2, 0.25) is 0 Å². The molecule has 0 aliphatic carbocycles. The first kappa shape index (κ1) is 17.7. The average molecular weight is 350 g/mol. The Balaban J connectivity index is 2.12. The number of halogens is 1. The lowest BCUT2D eigenvalue weighted by Gasteiger charge is -2.19. The summed E-state index contributed by atoms with van der Waals surface area (Å²) in [7, 11) is 6.91. The van der Waals surface area contributed by atoms with Crippen molar-refractivity contribution in [3.8, 4) is 5.75 Å². The average Bonchev–Trinajstić information content (AvgIpc) is 2.54. The van der Waals surface area contributed by atoms with Gasteiger partial charge in [-0.3, -0.25) is 4.79 Å². The van der Waals surface area contributed by atoms with E-state index in [1.807, 2.05) is 63.2 Å². The quantitative estimate of drug-likeness (QED) is 0.764. The Morgan fingerprint density at radius 2 is 2.00 bits per heavy atom. The molecule has 0 bridgehead atoms. The van der Waals surface area contributed by atoms with E-state index in [0.717, 1.165) is 27.2 Å². The van der Waals surface area contributed by atoms with Crippen LogP contribution in [-0.2, 0) is 4.79 Å². The van der Waals surface area contributed by atoms with Gasteiger partial charge in [0.1, 0.15) is 5.75 Å². The van der Waals surface area contributed by atoms with Crippen LogP contribution in [0, 0.1) is 13.8 Å². The zero-order chi connectivity index (χ0) is 16.8. The number of carbonyl (C=O) groups is 1. The van der Waals surface area contributed by atoms with E-state index in [9.17, 15) is 4.79 Å². The molecule has 1 N–H and O–H groups in total. The van der Waals surface area contributed by atoms with Crippen LogP contribution >= 0.6 is 21.7 Å². The second-order valence-electron chi connectivity index (χ2n) is 5.35. The van der Waals surface area contributed by atoms with Crippen molar-refractivity contribution in [2.75, 3.05) is 5.32 Å². The molecular weight excluding hydrogens is 330 g/mol. The molecule has 0 saturated carbocycles. The van der Waals surface area contributed by atoms with Gasteiger partial charge in [-0.2, -0.15) is 0 Å². The monoisotopic (exact) mass is 349 g/mol. The maximum atomic E-state index is 12.5. The summed E-state index contributed by atoms with van der Waals surface area (Å²) in [5.41, 5.74) is 2.88. The van der Waals surface area contributed by atoms with E-state index in [4.69, 9.17) is 15.4 Å². The Morgan fingerprint density at radius 1 is 1.26 bits per heavy atom. The maximum Gasteiger partial charge on any atom is 0.265 e. The van der Waals surface area contributed by atoms with Crippen molar-refractivity contribution < 1.29 is 9.53 Å². The third-order valence-corrected chi connectivity index (χ3v) is 4.51. The summed E-state index contributed by atoms with van der Waals surface area (Å²) < 4.78 is 5.91. The van der Waals surface area contributed by atoms with Crippen molar-refractivity contribution in [3.05, 3.63) is 53.6 Å². The lowest BCUT2D eigenvalue weighted by molar-refractivity contribution is -0.122.